The molecular formula is C17H18O. The molecule has 0 unspecified atom stereocenters. The van der Waals surface area contributed by atoms with Gasteiger partial charge in [0.25, 0.3) is 0 Å². The lowest BCUT2D eigenvalue weighted by molar-refractivity contribution is 0.184. The molecular weight excluding hydrogens is 220 g/mol. The lowest BCUT2D eigenvalue weighted by Crippen LogP contribution is -1.98. The quantitative estimate of drug-likeness (QED) is 0.655. The van der Waals surface area contributed by atoms with Gasteiger partial charge in [0.15, 0.2) is 0 Å². The first-order valence-electron chi connectivity index (χ1n) is 6.41. The predicted molar refractivity (Wildman–Crippen MR) is 74.9 cm³/mol. The van der Waals surface area contributed by atoms with E-state index in [1.54, 1.807) is 7.11 Å². The minimum absolute atomic E-state index is 0.710. The highest BCUT2D eigenvalue weighted by Gasteiger charge is 2.22. The van der Waals surface area contributed by atoms with E-state index < -0.39 is 0 Å². The zero-order valence-electron chi connectivity index (χ0n) is 11.2. The van der Waals surface area contributed by atoms with Crippen molar-refractivity contribution in [3.63, 3.8) is 0 Å². The summed E-state index contributed by atoms with van der Waals surface area (Å²) in [6.45, 7) is 5.08. The van der Waals surface area contributed by atoms with E-state index in [4.69, 9.17) is 4.74 Å². The molecule has 1 aliphatic rings. The van der Waals surface area contributed by atoms with Crippen LogP contribution < -0.4 is 0 Å². The number of benzene rings is 2. The van der Waals surface area contributed by atoms with E-state index in [1.165, 1.54) is 38.9 Å². The van der Waals surface area contributed by atoms with Crippen LogP contribution in [0.2, 0.25) is 0 Å². The van der Waals surface area contributed by atoms with Crippen molar-refractivity contribution in [2.45, 2.75) is 26.9 Å². The fourth-order valence-electron chi connectivity index (χ4n) is 2.98. The molecule has 0 fully saturated rings. The molecule has 18 heavy (non-hydrogen) atoms. The minimum atomic E-state index is 0.710. The van der Waals surface area contributed by atoms with Gasteiger partial charge in [-0.25, -0.2) is 0 Å². The molecule has 1 heteroatoms. The van der Waals surface area contributed by atoms with Gasteiger partial charge >= 0.3 is 0 Å². The van der Waals surface area contributed by atoms with Crippen molar-refractivity contribution in [3.8, 4) is 11.1 Å². The maximum absolute atomic E-state index is 5.36. The third-order valence-corrected chi connectivity index (χ3v) is 4.01. The number of aryl methyl sites for hydroxylation is 2. The molecule has 2 aromatic rings. The van der Waals surface area contributed by atoms with Gasteiger partial charge in [-0.15, -0.1) is 0 Å². The molecule has 3 rings (SSSR count). The van der Waals surface area contributed by atoms with Crippen molar-refractivity contribution >= 4 is 0 Å². The van der Waals surface area contributed by atoms with Crippen LogP contribution in [0.15, 0.2) is 30.3 Å². The summed E-state index contributed by atoms with van der Waals surface area (Å²) in [5.41, 5.74) is 9.83. The molecule has 0 aliphatic heterocycles. The van der Waals surface area contributed by atoms with Crippen LogP contribution in [0.4, 0.5) is 0 Å². The van der Waals surface area contributed by atoms with Crippen LogP contribution in [0.25, 0.3) is 11.1 Å². The first-order valence-corrected chi connectivity index (χ1v) is 6.41. The molecule has 0 saturated carbocycles. The summed E-state index contributed by atoms with van der Waals surface area (Å²) in [6, 6.07) is 11.1. The summed E-state index contributed by atoms with van der Waals surface area (Å²) in [5.74, 6) is 0. The summed E-state index contributed by atoms with van der Waals surface area (Å²) in [7, 11) is 1.77. The number of fused-ring (bicyclic) bond motifs is 3. The van der Waals surface area contributed by atoms with Crippen LogP contribution >= 0.6 is 0 Å². The van der Waals surface area contributed by atoms with Crippen molar-refractivity contribution in [2.75, 3.05) is 7.11 Å². The Morgan fingerprint density at radius 3 is 2.50 bits per heavy atom. The number of methoxy groups -OCH3 is 1. The van der Waals surface area contributed by atoms with Crippen LogP contribution in [0, 0.1) is 13.8 Å². The Kier molecular flexibility index (Phi) is 2.71. The molecule has 0 amide bonds. The third-order valence-electron chi connectivity index (χ3n) is 4.01. The summed E-state index contributed by atoms with van der Waals surface area (Å²) in [5, 5.41) is 0. The Labute approximate surface area is 108 Å². The lowest BCUT2D eigenvalue weighted by atomic mass is 9.97. The van der Waals surface area contributed by atoms with Crippen LogP contribution in [0.3, 0.4) is 0 Å². The van der Waals surface area contributed by atoms with Crippen molar-refractivity contribution in [1.29, 1.82) is 0 Å². The number of ether oxygens (including phenoxy) is 1. The monoisotopic (exact) mass is 238 g/mol. The van der Waals surface area contributed by atoms with Gasteiger partial charge in [-0.2, -0.15) is 0 Å². The van der Waals surface area contributed by atoms with Gasteiger partial charge < -0.3 is 4.74 Å². The average Bonchev–Trinajstić information content (AvgIpc) is 2.73. The van der Waals surface area contributed by atoms with E-state index in [9.17, 15) is 0 Å². The zero-order valence-corrected chi connectivity index (χ0v) is 11.2. The van der Waals surface area contributed by atoms with Gasteiger partial charge in [0.1, 0.15) is 0 Å². The third kappa shape index (κ3) is 1.58. The molecule has 0 heterocycles. The molecule has 0 bridgehead atoms. The summed E-state index contributed by atoms with van der Waals surface area (Å²) >= 11 is 0. The summed E-state index contributed by atoms with van der Waals surface area (Å²) in [4.78, 5) is 0. The lowest BCUT2D eigenvalue weighted by Gasteiger charge is -2.11. The maximum atomic E-state index is 5.36. The number of hydrogen-bond acceptors (Lipinski definition) is 1. The molecule has 0 atom stereocenters. The second-order valence-electron chi connectivity index (χ2n) is 5.10. The van der Waals surface area contributed by atoms with Gasteiger partial charge in [-0.3, -0.25) is 0 Å². The second kappa shape index (κ2) is 4.25. The first-order chi connectivity index (χ1) is 8.72. The summed E-state index contributed by atoms with van der Waals surface area (Å²) in [6.07, 6.45) is 1.05. The van der Waals surface area contributed by atoms with E-state index in [2.05, 4.69) is 44.2 Å². The largest absolute Gasteiger partial charge is 0.380 e. The van der Waals surface area contributed by atoms with E-state index in [1.807, 2.05) is 0 Å². The number of rotatable bonds is 2. The van der Waals surface area contributed by atoms with Gasteiger partial charge in [0.2, 0.25) is 0 Å². The minimum Gasteiger partial charge on any atom is -0.380 e. The topological polar surface area (TPSA) is 9.23 Å². The highest BCUT2D eigenvalue weighted by Crippen LogP contribution is 2.40. The van der Waals surface area contributed by atoms with Gasteiger partial charge in [0.05, 0.1) is 6.61 Å². The van der Waals surface area contributed by atoms with E-state index in [-0.39, 0.29) is 0 Å². The van der Waals surface area contributed by atoms with Crippen molar-refractivity contribution in [2.24, 2.45) is 0 Å². The first kappa shape index (κ1) is 11.5. The van der Waals surface area contributed by atoms with Gasteiger partial charge in [0, 0.05) is 7.11 Å². The van der Waals surface area contributed by atoms with Crippen LogP contribution in [0.1, 0.15) is 27.8 Å². The molecule has 0 aromatic heterocycles. The molecule has 1 nitrogen and oxygen atoms in total. The van der Waals surface area contributed by atoms with E-state index >= 15 is 0 Å². The highest BCUT2D eigenvalue weighted by atomic mass is 16.5. The van der Waals surface area contributed by atoms with Crippen molar-refractivity contribution < 1.29 is 4.74 Å². The molecule has 2 aromatic carbocycles. The summed E-state index contributed by atoms with van der Waals surface area (Å²) < 4.78 is 5.36. The Hall–Kier alpha value is -1.60. The normalized spacial score (nSPS) is 12.4. The number of hydrogen-bond donors (Lipinski definition) is 0. The Bertz CT molecular complexity index is 611. The SMILES string of the molecule is COCc1c(C)ccc2c1Cc1c(C)cccc1-2. The highest BCUT2D eigenvalue weighted by molar-refractivity contribution is 5.79. The standard InChI is InChI=1S/C17H18O/c1-11-5-4-6-13-14-8-7-12(2)17(10-18-3)16(14)9-15(11)13/h4-8H,9-10H2,1-3H3. The van der Waals surface area contributed by atoms with Crippen molar-refractivity contribution in [3.05, 3.63) is 58.1 Å². The fraction of sp³-hybridized carbons (Fsp3) is 0.294. The van der Waals surface area contributed by atoms with E-state index in [0.717, 1.165) is 6.42 Å². The average molecular weight is 238 g/mol. The second-order valence-corrected chi connectivity index (χ2v) is 5.10. The van der Waals surface area contributed by atoms with Crippen LogP contribution in [-0.4, -0.2) is 7.11 Å². The zero-order chi connectivity index (χ0) is 12.7. The Balaban J connectivity index is 2.22. The smallest absolute Gasteiger partial charge is 0.0718 e. The van der Waals surface area contributed by atoms with Crippen LogP contribution in [0.5, 0.6) is 0 Å². The maximum Gasteiger partial charge on any atom is 0.0718 e. The van der Waals surface area contributed by atoms with Crippen LogP contribution in [-0.2, 0) is 17.8 Å². The molecule has 92 valence electrons. The molecule has 0 radical (unpaired) electrons. The molecule has 1 aliphatic carbocycles. The molecule has 0 spiro atoms. The predicted octanol–water partition coefficient (Wildman–Crippen LogP) is 4.02. The molecule has 0 N–H and O–H groups in total. The Morgan fingerprint density at radius 2 is 1.72 bits per heavy atom. The fourth-order valence-corrected chi connectivity index (χ4v) is 2.98. The van der Waals surface area contributed by atoms with Crippen molar-refractivity contribution in [1.82, 2.24) is 0 Å². The van der Waals surface area contributed by atoms with E-state index in [0.29, 0.717) is 6.61 Å². The van der Waals surface area contributed by atoms with Gasteiger partial charge in [-0.1, -0.05) is 30.3 Å². The molecule has 0 saturated heterocycles. The van der Waals surface area contributed by atoms with Gasteiger partial charge in [-0.05, 0) is 59.2 Å². The Morgan fingerprint density at radius 1 is 0.944 bits per heavy atom.